The van der Waals surface area contributed by atoms with E-state index in [4.69, 9.17) is 22.1 Å². The number of Topliss-reactive ketones (excluding diaryl/α,β-unsaturated/α-hetero) is 1. The van der Waals surface area contributed by atoms with Gasteiger partial charge in [0.05, 0.1) is 4.47 Å². The van der Waals surface area contributed by atoms with Crippen LogP contribution in [0.15, 0.2) is 32.3 Å². The molecule has 1 aromatic carbocycles. The van der Waals surface area contributed by atoms with Gasteiger partial charge in [0, 0.05) is 19.1 Å². The van der Waals surface area contributed by atoms with Crippen molar-refractivity contribution < 1.29 is 9.53 Å². The summed E-state index contributed by atoms with van der Waals surface area (Å²) < 4.78 is 7.81. The van der Waals surface area contributed by atoms with Gasteiger partial charge in [-0.2, -0.15) is 0 Å². The first-order chi connectivity index (χ1) is 10.7. The van der Waals surface area contributed by atoms with Gasteiger partial charge in [-0.1, -0.05) is 11.6 Å². The number of carbonyl (C=O) groups excluding carboxylic acids is 1. The van der Waals surface area contributed by atoms with Crippen LogP contribution in [0.5, 0.6) is 5.75 Å². The lowest BCUT2D eigenvalue weighted by Gasteiger charge is -2.12. The Balaban J connectivity index is 2.32. The van der Waals surface area contributed by atoms with Crippen molar-refractivity contribution in [2.75, 3.05) is 12.3 Å². The first-order valence-corrected chi connectivity index (χ1v) is 7.57. The molecule has 0 atom stereocenters. The molecule has 1 aromatic heterocycles. The summed E-state index contributed by atoms with van der Waals surface area (Å²) in [4.78, 5) is 36.1. The lowest BCUT2D eigenvalue weighted by atomic mass is 10.2. The minimum absolute atomic E-state index is 0.193. The first-order valence-electron chi connectivity index (χ1n) is 6.40. The van der Waals surface area contributed by atoms with E-state index >= 15 is 0 Å². The van der Waals surface area contributed by atoms with Crippen molar-refractivity contribution in [2.45, 2.75) is 0 Å². The van der Waals surface area contributed by atoms with E-state index in [-0.39, 0.29) is 11.4 Å². The van der Waals surface area contributed by atoms with Crippen LogP contribution in [0.4, 0.5) is 5.82 Å². The topological polar surface area (TPSA) is 96.3 Å². The predicted molar refractivity (Wildman–Crippen MR) is 90.3 cm³/mol. The highest BCUT2D eigenvalue weighted by Gasteiger charge is 2.20. The summed E-state index contributed by atoms with van der Waals surface area (Å²) in [5.74, 6) is -0.426. The van der Waals surface area contributed by atoms with Gasteiger partial charge in [0.1, 0.15) is 17.1 Å². The predicted octanol–water partition coefficient (Wildman–Crippen LogP) is 1.34. The molecule has 0 aliphatic rings. The molecule has 0 saturated carbocycles. The van der Waals surface area contributed by atoms with Crippen LogP contribution < -0.4 is 21.7 Å². The number of anilines is 1. The summed E-state index contributed by atoms with van der Waals surface area (Å²) in [5, 5.41) is 0.506. The van der Waals surface area contributed by atoms with Crippen molar-refractivity contribution in [3.8, 4) is 5.75 Å². The molecule has 0 saturated heterocycles. The van der Waals surface area contributed by atoms with Gasteiger partial charge < -0.3 is 10.5 Å². The third-order valence-corrected chi connectivity index (χ3v) is 4.10. The van der Waals surface area contributed by atoms with Gasteiger partial charge in [0.25, 0.3) is 5.56 Å². The molecule has 1 heterocycles. The number of ether oxygens (including phenoxy) is 1. The molecule has 0 aliphatic carbocycles. The van der Waals surface area contributed by atoms with E-state index in [1.807, 2.05) is 0 Å². The molecule has 122 valence electrons. The average Bonchev–Trinajstić information content (AvgIpc) is 2.50. The van der Waals surface area contributed by atoms with Crippen molar-refractivity contribution in [3.63, 3.8) is 0 Å². The Hall–Kier alpha value is -2.06. The maximum atomic E-state index is 12.3. The number of ketones is 1. The summed E-state index contributed by atoms with van der Waals surface area (Å²) in [7, 11) is 2.65. The number of benzene rings is 1. The van der Waals surface area contributed by atoms with E-state index in [2.05, 4.69) is 15.9 Å². The van der Waals surface area contributed by atoms with Crippen molar-refractivity contribution in [3.05, 3.63) is 54.1 Å². The van der Waals surface area contributed by atoms with E-state index in [0.29, 0.717) is 15.2 Å². The standard InChI is InChI=1S/C14H13BrClN3O4/c1-18-12(17)11(13(21)19(2)14(18)22)9(20)6-23-10-4-3-7(16)5-8(10)15/h3-5H,6,17H2,1-2H3. The molecule has 0 amide bonds. The fourth-order valence-electron chi connectivity index (χ4n) is 1.93. The summed E-state index contributed by atoms with van der Waals surface area (Å²) in [6.07, 6.45) is 0. The van der Waals surface area contributed by atoms with Gasteiger partial charge in [-0.25, -0.2) is 4.79 Å². The number of carbonyl (C=O) groups is 1. The fraction of sp³-hybridized carbons (Fsp3) is 0.214. The minimum atomic E-state index is -0.755. The molecule has 0 radical (unpaired) electrons. The van der Waals surface area contributed by atoms with Crippen LogP contribution in [0, 0.1) is 0 Å². The minimum Gasteiger partial charge on any atom is -0.484 e. The number of rotatable bonds is 4. The van der Waals surface area contributed by atoms with Gasteiger partial charge in [0.2, 0.25) is 5.78 Å². The van der Waals surface area contributed by atoms with Gasteiger partial charge >= 0.3 is 5.69 Å². The number of nitrogens with two attached hydrogens (primary N) is 1. The molecule has 23 heavy (non-hydrogen) atoms. The van der Waals surface area contributed by atoms with Crippen molar-refractivity contribution in [1.29, 1.82) is 0 Å². The van der Waals surface area contributed by atoms with Crippen LogP contribution in [0.1, 0.15) is 10.4 Å². The first kappa shape index (κ1) is 17.3. The highest BCUT2D eigenvalue weighted by atomic mass is 79.9. The monoisotopic (exact) mass is 401 g/mol. The largest absolute Gasteiger partial charge is 0.484 e. The molecule has 0 unspecified atom stereocenters. The van der Waals surface area contributed by atoms with Crippen LogP contribution in [0.2, 0.25) is 5.02 Å². The maximum absolute atomic E-state index is 12.3. The molecule has 0 aliphatic heterocycles. The number of hydrogen-bond acceptors (Lipinski definition) is 5. The van der Waals surface area contributed by atoms with Crippen LogP contribution in [0.25, 0.3) is 0 Å². The Morgan fingerprint density at radius 1 is 1.30 bits per heavy atom. The van der Waals surface area contributed by atoms with Gasteiger partial charge in [-0.05, 0) is 34.1 Å². The quantitative estimate of drug-likeness (QED) is 0.779. The summed E-state index contributed by atoms with van der Waals surface area (Å²) in [6, 6.07) is 4.80. The zero-order valence-corrected chi connectivity index (χ0v) is 14.6. The molecule has 7 nitrogen and oxygen atoms in total. The highest BCUT2D eigenvalue weighted by molar-refractivity contribution is 9.10. The average molecular weight is 403 g/mol. The van der Waals surface area contributed by atoms with Crippen LogP contribution in [0.3, 0.4) is 0 Å². The van der Waals surface area contributed by atoms with Gasteiger partial charge in [-0.3, -0.25) is 18.7 Å². The van der Waals surface area contributed by atoms with Crippen molar-refractivity contribution in [2.24, 2.45) is 14.1 Å². The maximum Gasteiger partial charge on any atom is 0.332 e. The molecule has 0 spiro atoms. The van der Waals surface area contributed by atoms with Crippen LogP contribution in [-0.4, -0.2) is 21.5 Å². The highest BCUT2D eigenvalue weighted by Crippen LogP contribution is 2.28. The second kappa shape index (κ2) is 6.59. The fourth-order valence-corrected chi connectivity index (χ4v) is 2.73. The number of nitrogen functional groups attached to an aromatic ring is 1. The van der Waals surface area contributed by atoms with E-state index in [1.54, 1.807) is 18.2 Å². The number of nitrogens with zero attached hydrogens (tertiary/aromatic N) is 2. The molecular formula is C14H13BrClN3O4. The molecule has 0 fully saturated rings. The van der Waals surface area contributed by atoms with Crippen molar-refractivity contribution >= 4 is 39.1 Å². The molecule has 9 heteroatoms. The Morgan fingerprint density at radius 2 is 1.96 bits per heavy atom. The van der Waals surface area contributed by atoms with Gasteiger partial charge in [-0.15, -0.1) is 0 Å². The second-order valence-corrected chi connectivity index (χ2v) is 6.04. The second-order valence-electron chi connectivity index (χ2n) is 4.75. The Kier molecular flexibility index (Phi) is 4.96. The smallest absolute Gasteiger partial charge is 0.332 e. The number of halogens is 2. The molecule has 0 bridgehead atoms. The summed E-state index contributed by atoms with van der Waals surface area (Å²) >= 11 is 9.08. The lowest BCUT2D eigenvalue weighted by molar-refractivity contribution is 0.0919. The van der Waals surface area contributed by atoms with Crippen LogP contribution >= 0.6 is 27.5 Å². The zero-order valence-electron chi connectivity index (χ0n) is 12.3. The number of aromatic nitrogens is 2. The molecular weight excluding hydrogens is 390 g/mol. The summed E-state index contributed by atoms with van der Waals surface area (Å²) in [6.45, 7) is -0.405. The molecule has 2 N–H and O–H groups in total. The van der Waals surface area contributed by atoms with E-state index in [9.17, 15) is 14.4 Å². The van der Waals surface area contributed by atoms with Crippen molar-refractivity contribution in [1.82, 2.24) is 9.13 Å². The third-order valence-electron chi connectivity index (χ3n) is 3.24. The van der Waals surface area contributed by atoms with E-state index < -0.39 is 23.6 Å². The number of hydrogen-bond donors (Lipinski definition) is 1. The van der Waals surface area contributed by atoms with Crippen LogP contribution in [-0.2, 0) is 14.1 Å². The Bertz CT molecular complexity index is 904. The summed E-state index contributed by atoms with van der Waals surface area (Å²) in [5.41, 5.74) is 4.08. The normalized spacial score (nSPS) is 10.6. The lowest BCUT2D eigenvalue weighted by Crippen LogP contribution is -2.42. The third kappa shape index (κ3) is 3.32. The van der Waals surface area contributed by atoms with E-state index in [0.717, 1.165) is 9.13 Å². The SMILES string of the molecule is Cn1c(N)c(C(=O)COc2ccc(Cl)cc2Br)c(=O)n(C)c1=O. The Labute approximate surface area is 144 Å². The molecule has 2 aromatic rings. The zero-order chi connectivity index (χ0) is 17.3. The Morgan fingerprint density at radius 3 is 2.57 bits per heavy atom. The van der Waals surface area contributed by atoms with Gasteiger partial charge in [0.15, 0.2) is 6.61 Å². The molecule has 2 rings (SSSR count). The van der Waals surface area contributed by atoms with E-state index in [1.165, 1.54) is 14.1 Å².